The number of rotatable bonds is 12. The van der Waals surface area contributed by atoms with Crippen LogP contribution >= 0.6 is 0 Å². The van der Waals surface area contributed by atoms with E-state index in [1.54, 1.807) is 0 Å². The van der Waals surface area contributed by atoms with Gasteiger partial charge in [0.05, 0.1) is 32.9 Å². The molecule has 0 N–H and O–H groups in total. The number of carbonyl (C=O) groups is 1. The van der Waals surface area contributed by atoms with E-state index in [1.165, 1.54) is 0 Å². The van der Waals surface area contributed by atoms with Gasteiger partial charge in [0.15, 0.2) is 0 Å². The Hall–Kier alpha value is -1.88. The van der Waals surface area contributed by atoms with Crippen LogP contribution in [0.25, 0.3) is 0 Å². The highest BCUT2D eigenvalue weighted by atomic mass is 35.5. The molecule has 0 aliphatic heterocycles. The molecule has 0 radical (unpaired) electrons. The molecule has 0 atom stereocenters. The highest BCUT2D eigenvalue weighted by molar-refractivity contribution is 5.88. The van der Waals surface area contributed by atoms with Crippen molar-refractivity contribution in [3.05, 3.63) is 66.2 Å². The molecule has 0 bridgehead atoms. The molecule has 4 nitrogen and oxygen atoms in total. The summed E-state index contributed by atoms with van der Waals surface area (Å²) in [5.41, 5.74) is 0.346. The summed E-state index contributed by atoms with van der Waals surface area (Å²) in [6, 6.07) is 19.5. The van der Waals surface area contributed by atoms with Crippen molar-refractivity contribution in [3.8, 4) is 5.75 Å². The van der Waals surface area contributed by atoms with Crippen LogP contribution in [0.3, 0.4) is 0 Å². The molecular formula is C27H40ClNO3. The zero-order chi connectivity index (χ0) is 22.9. The Bertz CT molecular complexity index is 781. The van der Waals surface area contributed by atoms with E-state index in [2.05, 4.69) is 27.7 Å². The third-order valence-corrected chi connectivity index (χ3v) is 5.37. The summed E-state index contributed by atoms with van der Waals surface area (Å²) in [6.45, 7) is 10.5. The first-order valence-corrected chi connectivity index (χ1v) is 11.4. The smallest absolute Gasteiger partial charge is 0.345 e. The average Bonchev–Trinajstić information content (AvgIpc) is 2.71. The zero-order valence-corrected chi connectivity index (χ0v) is 21.3. The van der Waals surface area contributed by atoms with E-state index in [9.17, 15) is 4.79 Å². The fourth-order valence-corrected chi connectivity index (χ4v) is 4.12. The van der Waals surface area contributed by atoms with Gasteiger partial charge in [-0.1, -0.05) is 64.1 Å². The van der Waals surface area contributed by atoms with Gasteiger partial charge in [-0.2, -0.15) is 0 Å². The van der Waals surface area contributed by atoms with Crippen molar-refractivity contribution < 1.29 is 31.2 Å². The first-order valence-electron chi connectivity index (χ1n) is 11.4. The Morgan fingerprint density at radius 2 is 1.38 bits per heavy atom. The maximum Gasteiger partial charge on any atom is 0.345 e. The predicted molar refractivity (Wildman–Crippen MR) is 127 cm³/mol. The van der Waals surface area contributed by atoms with Crippen LogP contribution in [-0.4, -0.2) is 49.8 Å². The summed E-state index contributed by atoms with van der Waals surface area (Å²) in [5, 5.41) is 0. The lowest BCUT2D eigenvalue weighted by atomic mass is 9.85. The van der Waals surface area contributed by atoms with Crippen molar-refractivity contribution in [2.45, 2.75) is 46.1 Å². The fraction of sp³-hybridized carbons (Fsp3) is 0.519. The van der Waals surface area contributed by atoms with Crippen LogP contribution in [0.5, 0.6) is 5.75 Å². The van der Waals surface area contributed by atoms with Crippen molar-refractivity contribution >= 4 is 5.91 Å². The summed E-state index contributed by atoms with van der Waals surface area (Å²) in [7, 11) is 3.88. The number of nitrogens with zero attached hydrogens (tertiary/aromatic N) is 1. The molecule has 0 saturated heterocycles. The van der Waals surface area contributed by atoms with Crippen molar-refractivity contribution in [1.82, 2.24) is 0 Å². The van der Waals surface area contributed by atoms with Gasteiger partial charge >= 0.3 is 5.91 Å². The van der Waals surface area contributed by atoms with E-state index in [1.807, 2.05) is 74.8 Å². The molecule has 2 rings (SSSR count). The summed E-state index contributed by atoms with van der Waals surface area (Å²) in [6.07, 6.45) is 1.84. The quantitative estimate of drug-likeness (QED) is 0.360. The summed E-state index contributed by atoms with van der Waals surface area (Å²) in [4.78, 5) is 12.9. The van der Waals surface area contributed by atoms with E-state index in [0.717, 1.165) is 24.2 Å². The highest BCUT2D eigenvalue weighted by Crippen LogP contribution is 2.31. The Kier molecular flexibility index (Phi) is 11.4. The molecule has 0 aliphatic rings. The van der Waals surface area contributed by atoms with Crippen molar-refractivity contribution in [3.63, 3.8) is 0 Å². The summed E-state index contributed by atoms with van der Waals surface area (Å²) < 4.78 is 13.0. The molecule has 178 valence electrons. The highest BCUT2D eigenvalue weighted by Gasteiger charge is 2.35. The lowest BCUT2D eigenvalue weighted by molar-refractivity contribution is -0.808. The second-order valence-electron chi connectivity index (χ2n) is 9.93. The Balaban J connectivity index is 0.00000512. The molecule has 5 heteroatoms. The van der Waals surface area contributed by atoms with Crippen molar-refractivity contribution in [2.24, 2.45) is 11.8 Å². The molecular weight excluding hydrogens is 422 g/mol. The van der Waals surface area contributed by atoms with Gasteiger partial charge in [0.25, 0.3) is 0 Å². The van der Waals surface area contributed by atoms with Crippen molar-refractivity contribution in [2.75, 3.05) is 33.9 Å². The number of benzene rings is 2. The average molecular weight is 462 g/mol. The second-order valence-corrected chi connectivity index (χ2v) is 9.93. The predicted octanol–water partition coefficient (Wildman–Crippen LogP) is 2.83. The number of carbonyl (C=O) groups excluding carboxylic acids is 1. The number of para-hydroxylation sites is 1. The van der Waals surface area contributed by atoms with Crippen LogP contribution in [0, 0.1) is 11.8 Å². The number of ether oxygens (including phenoxy) is 2. The SMILES string of the molecule is CC(C)CC(COCC[N+](C)(C)C(=O)c1ccccc1)(CC(C)C)Oc1ccccc1.[Cl-]. The molecule has 32 heavy (non-hydrogen) atoms. The van der Waals surface area contributed by atoms with Crippen LogP contribution in [0.2, 0.25) is 0 Å². The Morgan fingerprint density at radius 3 is 1.88 bits per heavy atom. The summed E-state index contributed by atoms with van der Waals surface area (Å²) >= 11 is 0. The molecule has 2 aromatic rings. The van der Waals surface area contributed by atoms with E-state index < -0.39 is 0 Å². The number of hydrogen-bond donors (Lipinski definition) is 0. The van der Waals surface area contributed by atoms with Gasteiger partial charge in [0.1, 0.15) is 17.9 Å². The van der Waals surface area contributed by atoms with Gasteiger partial charge in [-0.3, -0.25) is 4.48 Å². The fourth-order valence-electron chi connectivity index (χ4n) is 4.12. The minimum absolute atomic E-state index is 0. The third kappa shape index (κ3) is 8.93. The number of amides is 1. The van der Waals surface area contributed by atoms with E-state index >= 15 is 0 Å². The standard InChI is InChI=1S/C27H40NO3.ClH/c1-22(2)19-27(20-23(3)4,31-25-15-11-8-12-16-25)21-30-18-17-28(5,6)26(29)24-13-9-7-10-14-24;/h7-16,22-23H,17-21H2,1-6H3;1H/q+1;/p-1. The van der Waals surface area contributed by atoms with Gasteiger partial charge in [0, 0.05) is 0 Å². The minimum atomic E-state index is -0.385. The van der Waals surface area contributed by atoms with Gasteiger partial charge in [-0.05, 0) is 48.9 Å². The van der Waals surface area contributed by atoms with Gasteiger partial charge in [-0.15, -0.1) is 0 Å². The normalized spacial score (nSPS) is 12.0. The topological polar surface area (TPSA) is 35.5 Å². The van der Waals surface area contributed by atoms with E-state index in [-0.39, 0.29) is 28.4 Å². The van der Waals surface area contributed by atoms with Gasteiger partial charge in [-0.25, -0.2) is 4.79 Å². The molecule has 0 fully saturated rings. The van der Waals surface area contributed by atoms with Crippen molar-refractivity contribution in [1.29, 1.82) is 0 Å². The largest absolute Gasteiger partial charge is 1.00 e. The second kappa shape index (κ2) is 13.0. The molecule has 0 saturated carbocycles. The number of likely N-dealkylation sites (N-methyl/N-ethyl adjacent to an activating group) is 1. The first-order chi connectivity index (χ1) is 14.6. The molecule has 0 unspecified atom stereocenters. The van der Waals surface area contributed by atoms with E-state index in [0.29, 0.717) is 31.6 Å². The van der Waals surface area contributed by atoms with Gasteiger partial charge < -0.3 is 21.9 Å². The summed E-state index contributed by atoms with van der Waals surface area (Å²) in [5.74, 6) is 1.94. The van der Waals surface area contributed by atoms with Crippen LogP contribution in [0.15, 0.2) is 60.7 Å². The first kappa shape index (κ1) is 28.2. The molecule has 0 heterocycles. The van der Waals surface area contributed by atoms with Crippen LogP contribution in [-0.2, 0) is 4.74 Å². The molecule has 0 aliphatic carbocycles. The maximum absolute atomic E-state index is 12.9. The number of hydrogen-bond acceptors (Lipinski definition) is 3. The zero-order valence-electron chi connectivity index (χ0n) is 20.5. The van der Waals surface area contributed by atoms with Crippen LogP contribution in [0.1, 0.15) is 50.9 Å². The van der Waals surface area contributed by atoms with Crippen LogP contribution in [0.4, 0.5) is 0 Å². The lowest BCUT2D eigenvalue weighted by Crippen LogP contribution is -3.00. The lowest BCUT2D eigenvalue weighted by Gasteiger charge is -2.37. The Morgan fingerprint density at radius 1 is 0.875 bits per heavy atom. The number of halogens is 1. The molecule has 1 amide bonds. The van der Waals surface area contributed by atoms with E-state index in [4.69, 9.17) is 9.47 Å². The minimum Gasteiger partial charge on any atom is -1.00 e. The third-order valence-electron chi connectivity index (χ3n) is 5.37. The molecule has 2 aromatic carbocycles. The van der Waals surface area contributed by atoms with Gasteiger partial charge in [0.2, 0.25) is 0 Å². The monoisotopic (exact) mass is 461 g/mol. The molecule has 0 aromatic heterocycles. The Labute approximate surface area is 200 Å². The molecule has 0 spiro atoms. The maximum atomic E-state index is 12.9. The van der Waals surface area contributed by atoms with Crippen LogP contribution < -0.4 is 17.1 Å². The number of quaternary nitrogens is 1.